The Kier molecular flexibility index (Phi) is 3.06. The van der Waals surface area contributed by atoms with Crippen molar-refractivity contribution < 1.29 is 10.2 Å². The Morgan fingerprint density at radius 3 is 2.60 bits per heavy atom. The van der Waals surface area contributed by atoms with Crippen LogP contribution in [0.15, 0.2) is 42.5 Å². The van der Waals surface area contributed by atoms with E-state index in [9.17, 15) is 10.2 Å². The number of hydrogen-bond acceptors (Lipinski definition) is 3. The number of aryl methyl sites for hydroxylation is 1. The molecule has 4 heteroatoms. The number of fused-ring (bicyclic) bond motifs is 1. The van der Waals surface area contributed by atoms with Gasteiger partial charge >= 0.3 is 0 Å². The van der Waals surface area contributed by atoms with Gasteiger partial charge in [0.25, 0.3) is 0 Å². The lowest BCUT2D eigenvalue weighted by molar-refractivity contribution is 0.404. The SMILES string of the molecule is CCCn1c(-c2ccc(O)c(O)c2)nc2ccccc21. The quantitative estimate of drug-likeness (QED) is 0.714. The van der Waals surface area contributed by atoms with Crippen molar-refractivity contribution in [2.24, 2.45) is 0 Å². The number of aromatic hydroxyl groups is 2. The Hall–Kier alpha value is -2.49. The molecule has 0 spiro atoms. The maximum absolute atomic E-state index is 9.67. The molecule has 0 aliphatic carbocycles. The summed E-state index contributed by atoms with van der Waals surface area (Å²) in [4.78, 5) is 4.64. The molecule has 0 aliphatic heterocycles. The number of para-hydroxylation sites is 2. The van der Waals surface area contributed by atoms with Gasteiger partial charge in [-0.2, -0.15) is 0 Å². The van der Waals surface area contributed by atoms with Gasteiger partial charge in [-0.1, -0.05) is 19.1 Å². The average Bonchev–Trinajstić information content (AvgIpc) is 2.82. The summed E-state index contributed by atoms with van der Waals surface area (Å²) in [5.74, 6) is 0.563. The van der Waals surface area contributed by atoms with Gasteiger partial charge in [0.15, 0.2) is 11.5 Å². The summed E-state index contributed by atoms with van der Waals surface area (Å²) in [5.41, 5.74) is 2.81. The summed E-state index contributed by atoms with van der Waals surface area (Å²) in [6.45, 7) is 2.98. The third-order valence-electron chi connectivity index (χ3n) is 3.34. The molecule has 0 radical (unpaired) electrons. The van der Waals surface area contributed by atoms with Crippen LogP contribution in [0.25, 0.3) is 22.4 Å². The molecule has 1 aromatic heterocycles. The van der Waals surface area contributed by atoms with Gasteiger partial charge in [0, 0.05) is 12.1 Å². The Balaban J connectivity index is 2.23. The van der Waals surface area contributed by atoms with Crippen molar-refractivity contribution >= 4 is 11.0 Å². The zero-order valence-electron chi connectivity index (χ0n) is 11.2. The van der Waals surface area contributed by atoms with Gasteiger partial charge in [-0.15, -0.1) is 0 Å². The van der Waals surface area contributed by atoms with E-state index >= 15 is 0 Å². The molecular formula is C16H16N2O2. The van der Waals surface area contributed by atoms with Crippen molar-refractivity contribution in [3.8, 4) is 22.9 Å². The van der Waals surface area contributed by atoms with E-state index in [0.29, 0.717) is 0 Å². The third-order valence-corrected chi connectivity index (χ3v) is 3.34. The number of rotatable bonds is 3. The second kappa shape index (κ2) is 4.89. The minimum Gasteiger partial charge on any atom is -0.504 e. The summed E-state index contributed by atoms with van der Waals surface area (Å²) in [6.07, 6.45) is 0.997. The number of nitrogens with zero attached hydrogens (tertiary/aromatic N) is 2. The van der Waals surface area contributed by atoms with Crippen molar-refractivity contribution in [3.05, 3.63) is 42.5 Å². The number of benzene rings is 2. The van der Waals surface area contributed by atoms with Gasteiger partial charge in [0.2, 0.25) is 0 Å². The van der Waals surface area contributed by atoms with Crippen LogP contribution in [0.3, 0.4) is 0 Å². The molecule has 0 amide bonds. The van der Waals surface area contributed by atoms with Crippen LogP contribution in [0.5, 0.6) is 11.5 Å². The lowest BCUT2D eigenvalue weighted by Crippen LogP contribution is -1.99. The van der Waals surface area contributed by atoms with E-state index in [2.05, 4.69) is 16.5 Å². The zero-order chi connectivity index (χ0) is 14.1. The summed E-state index contributed by atoms with van der Waals surface area (Å²) in [6, 6.07) is 12.8. The first-order chi connectivity index (χ1) is 9.70. The molecule has 1 heterocycles. The summed E-state index contributed by atoms with van der Waals surface area (Å²) < 4.78 is 2.14. The lowest BCUT2D eigenvalue weighted by Gasteiger charge is -2.08. The van der Waals surface area contributed by atoms with Gasteiger partial charge in [0.1, 0.15) is 5.82 Å². The monoisotopic (exact) mass is 268 g/mol. The van der Waals surface area contributed by atoms with Crippen LogP contribution in [-0.4, -0.2) is 19.8 Å². The second-order valence-corrected chi connectivity index (χ2v) is 4.78. The van der Waals surface area contributed by atoms with Crippen LogP contribution in [0.2, 0.25) is 0 Å². The first-order valence-corrected chi connectivity index (χ1v) is 6.68. The smallest absolute Gasteiger partial charge is 0.158 e. The summed E-state index contributed by atoms with van der Waals surface area (Å²) >= 11 is 0. The maximum atomic E-state index is 9.67. The van der Waals surface area contributed by atoms with E-state index in [-0.39, 0.29) is 11.5 Å². The molecule has 20 heavy (non-hydrogen) atoms. The number of phenols is 2. The van der Waals surface area contributed by atoms with E-state index in [1.165, 1.54) is 6.07 Å². The van der Waals surface area contributed by atoms with Crippen LogP contribution >= 0.6 is 0 Å². The van der Waals surface area contributed by atoms with Crippen LogP contribution in [0, 0.1) is 0 Å². The van der Waals surface area contributed by atoms with Crippen LogP contribution in [0.4, 0.5) is 0 Å². The molecule has 3 rings (SSSR count). The molecule has 0 saturated heterocycles. The van der Waals surface area contributed by atoms with Crippen LogP contribution in [0.1, 0.15) is 13.3 Å². The minimum atomic E-state index is -0.127. The molecule has 0 fully saturated rings. The van der Waals surface area contributed by atoms with Crippen LogP contribution < -0.4 is 0 Å². The number of phenolic OH excluding ortho intramolecular Hbond substituents is 2. The topological polar surface area (TPSA) is 58.3 Å². The maximum Gasteiger partial charge on any atom is 0.158 e. The highest BCUT2D eigenvalue weighted by Crippen LogP contribution is 2.31. The van der Waals surface area contributed by atoms with E-state index in [0.717, 1.165) is 35.4 Å². The van der Waals surface area contributed by atoms with Crippen molar-refractivity contribution in [1.29, 1.82) is 0 Å². The third kappa shape index (κ3) is 1.99. The predicted octanol–water partition coefficient (Wildman–Crippen LogP) is 3.52. The van der Waals surface area contributed by atoms with Gasteiger partial charge < -0.3 is 14.8 Å². The molecule has 0 aliphatic rings. The molecule has 3 aromatic rings. The van der Waals surface area contributed by atoms with E-state index in [1.807, 2.05) is 24.3 Å². The molecule has 2 N–H and O–H groups in total. The van der Waals surface area contributed by atoms with Gasteiger partial charge in [-0.3, -0.25) is 0 Å². The molecule has 0 atom stereocenters. The highest BCUT2D eigenvalue weighted by Gasteiger charge is 2.13. The van der Waals surface area contributed by atoms with Gasteiger partial charge in [-0.25, -0.2) is 4.98 Å². The fraction of sp³-hybridized carbons (Fsp3) is 0.188. The molecule has 4 nitrogen and oxygen atoms in total. The first-order valence-electron chi connectivity index (χ1n) is 6.68. The lowest BCUT2D eigenvalue weighted by atomic mass is 10.2. The van der Waals surface area contributed by atoms with Crippen molar-refractivity contribution in [1.82, 2.24) is 9.55 Å². The minimum absolute atomic E-state index is 0.119. The highest BCUT2D eigenvalue weighted by atomic mass is 16.3. The predicted molar refractivity (Wildman–Crippen MR) is 78.8 cm³/mol. The summed E-state index contributed by atoms with van der Waals surface area (Å²) in [5, 5.41) is 19.1. The number of imidazole rings is 1. The average molecular weight is 268 g/mol. The Bertz CT molecular complexity index is 762. The summed E-state index contributed by atoms with van der Waals surface area (Å²) in [7, 11) is 0. The Morgan fingerprint density at radius 1 is 1.05 bits per heavy atom. The molecule has 2 aromatic carbocycles. The van der Waals surface area contributed by atoms with Crippen molar-refractivity contribution in [3.63, 3.8) is 0 Å². The highest BCUT2D eigenvalue weighted by molar-refractivity contribution is 5.81. The Labute approximate surface area is 116 Å². The largest absolute Gasteiger partial charge is 0.504 e. The normalized spacial score (nSPS) is 11.1. The molecule has 0 saturated carbocycles. The van der Waals surface area contributed by atoms with E-state index in [4.69, 9.17) is 0 Å². The molecule has 0 bridgehead atoms. The fourth-order valence-corrected chi connectivity index (χ4v) is 2.41. The second-order valence-electron chi connectivity index (χ2n) is 4.78. The van der Waals surface area contributed by atoms with E-state index in [1.54, 1.807) is 12.1 Å². The number of aromatic nitrogens is 2. The Morgan fingerprint density at radius 2 is 1.85 bits per heavy atom. The zero-order valence-corrected chi connectivity index (χ0v) is 11.2. The molecular weight excluding hydrogens is 252 g/mol. The molecule has 102 valence electrons. The first kappa shape index (κ1) is 12.5. The van der Waals surface area contributed by atoms with Crippen LogP contribution in [-0.2, 0) is 6.54 Å². The van der Waals surface area contributed by atoms with Crippen molar-refractivity contribution in [2.75, 3.05) is 0 Å². The fourth-order valence-electron chi connectivity index (χ4n) is 2.41. The van der Waals surface area contributed by atoms with E-state index < -0.39 is 0 Å². The van der Waals surface area contributed by atoms with Gasteiger partial charge in [0.05, 0.1) is 11.0 Å². The van der Waals surface area contributed by atoms with Crippen molar-refractivity contribution in [2.45, 2.75) is 19.9 Å². The standard InChI is InChI=1S/C16H16N2O2/c1-2-9-18-13-6-4-3-5-12(13)17-16(18)11-7-8-14(19)15(20)10-11/h3-8,10,19-20H,2,9H2,1H3. The molecule has 0 unspecified atom stereocenters. The number of hydrogen-bond donors (Lipinski definition) is 2. The van der Waals surface area contributed by atoms with Gasteiger partial charge in [-0.05, 0) is 36.8 Å².